The molecule has 0 aromatic carbocycles. The van der Waals surface area contributed by atoms with Gasteiger partial charge in [0.25, 0.3) is 0 Å². The van der Waals surface area contributed by atoms with Gasteiger partial charge in [-0.3, -0.25) is 0 Å². The van der Waals surface area contributed by atoms with Crippen LogP contribution < -0.4 is 5.73 Å². The molecule has 2 N–H and O–H groups in total. The molecule has 0 aliphatic carbocycles. The number of thiocarbonyl (C=S) groups is 1. The lowest BCUT2D eigenvalue weighted by Crippen LogP contribution is -2.34. The second-order valence-electron chi connectivity index (χ2n) is 3.54. The number of nitrogens with two attached hydrogens (primary N) is 1. The van der Waals surface area contributed by atoms with E-state index in [1.807, 2.05) is 11.8 Å². The second kappa shape index (κ2) is 8.50. The van der Waals surface area contributed by atoms with E-state index in [-0.39, 0.29) is 0 Å². The van der Waals surface area contributed by atoms with E-state index in [0.717, 1.165) is 19.6 Å². The van der Waals surface area contributed by atoms with Crippen molar-refractivity contribution in [1.82, 2.24) is 4.90 Å². The Hall–Kier alpha value is 0.200. The molecule has 0 fully saturated rings. The molecule has 0 rings (SSSR count). The molecule has 0 aromatic rings. The fourth-order valence-corrected chi connectivity index (χ4v) is 1.78. The molecule has 0 saturated carbocycles. The Kier molecular flexibility index (Phi) is 8.63. The largest absolute Gasteiger partial charge is 0.393 e. The Morgan fingerprint density at radius 1 is 1.57 bits per heavy atom. The highest BCUT2D eigenvalue weighted by Crippen LogP contribution is 2.03. The monoisotopic (exact) mass is 234 g/mol. The Bertz CT molecular complexity index is 162. The third kappa shape index (κ3) is 6.62. The van der Waals surface area contributed by atoms with Crippen LogP contribution in [0.5, 0.6) is 0 Å². The number of thioether (sulfide) groups is 1. The van der Waals surface area contributed by atoms with Gasteiger partial charge in [0.2, 0.25) is 0 Å². The van der Waals surface area contributed by atoms with Crippen LogP contribution in [-0.2, 0) is 0 Å². The Morgan fingerprint density at radius 2 is 2.21 bits per heavy atom. The van der Waals surface area contributed by atoms with E-state index in [2.05, 4.69) is 25.0 Å². The van der Waals surface area contributed by atoms with Crippen LogP contribution in [0.4, 0.5) is 0 Å². The van der Waals surface area contributed by atoms with Crippen LogP contribution in [-0.4, -0.2) is 41.5 Å². The summed E-state index contributed by atoms with van der Waals surface area (Å²) in [6.45, 7) is 7.52. The van der Waals surface area contributed by atoms with Crippen LogP contribution >= 0.6 is 24.0 Å². The second-order valence-corrected chi connectivity index (χ2v) is 5.00. The lowest BCUT2D eigenvalue weighted by atomic mass is 10.1. The van der Waals surface area contributed by atoms with Crippen LogP contribution in [0.15, 0.2) is 0 Å². The van der Waals surface area contributed by atoms with Gasteiger partial charge in [-0.15, -0.1) is 0 Å². The fourth-order valence-electron chi connectivity index (χ4n) is 1.29. The normalized spacial score (nSPS) is 13.1. The van der Waals surface area contributed by atoms with E-state index in [4.69, 9.17) is 18.0 Å². The quantitative estimate of drug-likeness (QED) is 0.514. The molecule has 1 unspecified atom stereocenters. The van der Waals surface area contributed by atoms with Gasteiger partial charge in [-0.25, -0.2) is 0 Å². The summed E-state index contributed by atoms with van der Waals surface area (Å²) < 4.78 is 0. The summed E-state index contributed by atoms with van der Waals surface area (Å²) in [6, 6.07) is 0. The number of hydrogen-bond donors (Lipinski definition) is 1. The summed E-state index contributed by atoms with van der Waals surface area (Å²) in [5.41, 5.74) is 5.59. The van der Waals surface area contributed by atoms with Crippen LogP contribution in [0.3, 0.4) is 0 Å². The summed E-state index contributed by atoms with van der Waals surface area (Å²) in [5, 5.41) is 0. The van der Waals surface area contributed by atoms with Crippen LogP contribution in [0.25, 0.3) is 0 Å². The molecule has 0 amide bonds. The number of rotatable bonds is 8. The molecule has 84 valence electrons. The van der Waals surface area contributed by atoms with E-state index in [1.54, 1.807) is 0 Å². The van der Waals surface area contributed by atoms with Crippen molar-refractivity contribution in [3.05, 3.63) is 0 Å². The molecule has 0 aliphatic rings. The van der Waals surface area contributed by atoms with Crippen molar-refractivity contribution >= 4 is 29.0 Å². The molecule has 0 radical (unpaired) electrons. The van der Waals surface area contributed by atoms with Gasteiger partial charge < -0.3 is 10.6 Å². The van der Waals surface area contributed by atoms with Crippen molar-refractivity contribution in [3.63, 3.8) is 0 Å². The minimum Gasteiger partial charge on any atom is -0.393 e. The molecule has 0 spiro atoms. The first-order valence-electron chi connectivity index (χ1n) is 5.12. The molecule has 4 heteroatoms. The highest BCUT2D eigenvalue weighted by atomic mass is 32.2. The molecule has 0 heterocycles. The fraction of sp³-hybridized carbons (Fsp3) is 0.900. The highest BCUT2D eigenvalue weighted by Gasteiger charge is 2.10. The van der Waals surface area contributed by atoms with Gasteiger partial charge >= 0.3 is 0 Å². The first-order chi connectivity index (χ1) is 6.61. The van der Waals surface area contributed by atoms with Gasteiger partial charge in [0.05, 0.1) is 4.99 Å². The summed E-state index contributed by atoms with van der Waals surface area (Å²) in [4.78, 5) is 3.05. The highest BCUT2D eigenvalue weighted by molar-refractivity contribution is 7.98. The molecular weight excluding hydrogens is 212 g/mol. The standard InChI is InChI=1S/C10H22N2S2/c1-4-12(6-5-7-14-3)8-9(2)10(11)13/h9H,4-8H2,1-3H3,(H2,11,13). The average molecular weight is 234 g/mol. The van der Waals surface area contributed by atoms with E-state index in [1.165, 1.54) is 12.2 Å². The topological polar surface area (TPSA) is 29.3 Å². The maximum Gasteiger partial charge on any atom is 0.0768 e. The van der Waals surface area contributed by atoms with Gasteiger partial charge in [-0.2, -0.15) is 11.8 Å². The van der Waals surface area contributed by atoms with Gasteiger partial charge in [0.15, 0.2) is 0 Å². The average Bonchev–Trinajstić information content (AvgIpc) is 2.16. The van der Waals surface area contributed by atoms with Crippen LogP contribution in [0.2, 0.25) is 0 Å². The minimum absolute atomic E-state index is 0.333. The molecule has 2 nitrogen and oxygen atoms in total. The van der Waals surface area contributed by atoms with Crippen LogP contribution in [0, 0.1) is 5.92 Å². The Balaban J connectivity index is 3.72. The van der Waals surface area contributed by atoms with E-state index < -0.39 is 0 Å². The van der Waals surface area contributed by atoms with Gasteiger partial charge in [0, 0.05) is 12.5 Å². The van der Waals surface area contributed by atoms with Gasteiger partial charge in [-0.1, -0.05) is 26.1 Å². The number of hydrogen-bond acceptors (Lipinski definition) is 3. The maximum atomic E-state index is 5.59. The third-order valence-electron chi connectivity index (χ3n) is 2.29. The van der Waals surface area contributed by atoms with Crippen molar-refractivity contribution in [2.45, 2.75) is 20.3 Å². The zero-order chi connectivity index (χ0) is 11.0. The van der Waals surface area contributed by atoms with Crippen molar-refractivity contribution in [2.24, 2.45) is 11.7 Å². The summed E-state index contributed by atoms with van der Waals surface area (Å²) in [7, 11) is 0. The molecule has 1 atom stereocenters. The lowest BCUT2D eigenvalue weighted by Gasteiger charge is -2.23. The SMILES string of the molecule is CCN(CCCSC)CC(C)C(N)=S. The van der Waals surface area contributed by atoms with E-state index in [9.17, 15) is 0 Å². The molecule has 14 heavy (non-hydrogen) atoms. The Morgan fingerprint density at radius 3 is 2.64 bits per heavy atom. The summed E-state index contributed by atoms with van der Waals surface area (Å²) in [5.74, 6) is 1.57. The van der Waals surface area contributed by atoms with E-state index >= 15 is 0 Å². The molecule has 0 saturated heterocycles. The summed E-state index contributed by atoms with van der Waals surface area (Å²) >= 11 is 6.87. The predicted molar refractivity (Wildman–Crippen MR) is 71.1 cm³/mol. The maximum absolute atomic E-state index is 5.59. The number of nitrogens with zero attached hydrogens (tertiary/aromatic N) is 1. The van der Waals surface area contributed by atoms with E-state index in [0.29, 0.717) is 10.9 Å². The third-order valence-corrected chi connectivity index (χ3v) is 3.39. The molecular formula is C10H22N2S2. The smallest absolute Gasteiger partial charge is 0.0768 e. The molecule has 0 aromatic heterocycles. The van der Waals surface area contributed by atoms with Crippen molar-refractivity contribution in [2.75, 3.05) is 31.6 Å². The predicted octanol–water partition coefficient (Wildman–Crippen LogP) is 1.98. The van der Waals surface area contributed by atoms with Crippen molar-refractivity contribution in [3.8, 4) is 0 Å². The van der Waals surface area contributed by atoms with Gasteiger partial charge in [0.1, 0.15) is 0 Å². The van der Waals surface area contributed by atoms with Crippen LogP contribution in [0.1, 0.15) is 20.3 Å². The first kappa shape index (κ1) is 14.2. The summed E-state index contributed by atoms with van der Waals surface area (Å²) in [6.07, 6.45) is 3.40. The van der Waals surface area contributed by atoms with Crippen molar-refractivity contribution < 1.29 is 0 Å². The minimum atomic E-state index is 0.333. The van der Waals surface area contributed by atoms with Gasteiger partial charge in [-0.05, 0) is 31.5 Å². The Labute approximate surface area is 97.6 Å². The van der Waals surface area contributed by atoms with Crippen molar-refractivity contribution in [1.29, 1.82) is 0 Å². The zero-order valence-electron chi connectivity index (χ0n) is 9.45. The first-order valence-corrected chi connectivity index (χ1v) is 6.92. The molecule has 0 bridgehead atoms. The lowest BCUT2D eigenvalue weighted by molar-refractivity contribution is 0.273. The molecule has 0 aliphatic heterocycles. The zero-order valence-corrected chi connectivity index (χ0v) is 11.1.